The molecule has 2 aromatic carbocycles. The van der Waals surface area contributed by atoms with Gasteiger partial charge in [0.1, 0.15) is 5.75 Å². The highest BCUT2D eigenvalue weighted by molar-refractivity contribution is 9.10. The molecule has 0 bridgehead atoms. The zero-order valence-electron chi connectivity index (χ0n) is 13.6. The molecule has 0 saturated carbocycles. The molecule has 0 unspecified atom stereocenters. The number of hydrogen-bond acceptors (Lipinski definition) is 3. The zero-order chi connectivity index (χ0) is 18.1. The lowest BCUT2D eigenvalue weighted by atomic mass is 10.2. The second kappa shape index (κ2) is 10.2. The maximum absolute atomic E-state index is 5.41. The largest absolute Gasteiger partial charge is 0.494 e. The van der Waals surface area contributed by atoms with E-state index in [1.54, 1.807) is 0 Å². The van der Waals surface area contributed by atoms with E-state index in [0.717, 1.165) is 21.5 Å². The van der Waals surface area contributed by atoms with Gasteiger partial charge < -0.3 is 15.4 Å². The van der Waals surface area contributed by atoms with E-state index >= 15 is 0 Å². The average molecular weight is 439 g/mol. The molecule has 8 heteroatoms. The van der Waals surface area contributed by atoms with Gasteiger partial charge in [0, 0.05) is 16.7 Å². The SMILES string of the molecule is CCOc1ccc(CNC(=S)NNC(=S)Nc2ccc(Br)cc2)cc1. The van der Waals surface area contributed by atoms with Crippen molar-refractivity contribution in [3.63, 3.8) is 0 Å². The van der Waals surface area contributed by atoms with Gasteiger partial charge in [-0.05, 0) is 73.3 Å². The predicted octanol–water partition coefficient (Wildman–Crippen LogP) is 3.71. The third-order valence-corrected chi connectivity index (χ3v) is 4.06. The van der Waals surface area contributed by atoms with Crippen molar-refractivity contribution in [2.75, 3.05) is 11.9 Å². The van der Waals surface area contributed by atoms with E-state index in [-0.39, 0.29) is 0 Å². The summed E-state index contributed by atoms with van der Waals surface area (Å²) in [4.78, 5) is 0. The van der Waals surface area contributed by atoms with Gasteiger partial charge in [-0.2, -0.15) is 0 Å². The molecule has 0 aliphatic heterocycles. The van der Waals surface area contributed by atoms with Crippen LogP contribution in [-0.4, -0.2) is 16.8 Å². The highest BCUT2D eigenvalue weighted by atomic mass is 79.9. The topological polar surface area (TPSA) is 57.4 Å². The number of rotatable bonds is 5. The van der Waals surface area contributed by atoms with Gasteiger partial charge in [0.05, 0.1) is 6.61 Å². The number of halogens is 1. The molecule has 2 rings (SSSR count). The highest BCUT2D eigenvalue weighted by Gasteiger charge is 2.00. The predicted molar refractivity (Wildman–Crippen MR) is 114 cm³/mol. The number of ether oxygens (including phenoxy) is 1. The maximum atomic E-state index is 5.41. The Morgan fingerprint density at radius 1 is 0.960 bits per heavy atom. The van der Waals surface area contributed by atoms with Crippen LogP contribution in [0.5, 0.6) is 5.75 Å². The quantitative estimate of drug-likeness (QED) is 0.419. The minimum atomic E-state index is 0.424. The van der Waals surface area contributed by atoms with Gasteiger partial charge in [-0.25, -0.2) is 0 Å². The standard InChI is InChI=1S/C17H19BrN4OS2/c1-2-23-15-9-3-12(4-10-15)11-19-16(24)21-22-17(25)20-14-7-5-13(18)6-8-14/h3-10H,2,11H2,1H3,(H2,19,21,24)(H2,20,22,25). The Kier molecular flexibility index (Phi) is 7.90. The normalized spacial score (nSPS) is 9.84. The Labute approximate surface area is 166 Å². The van der Waals surface area contributed by atoms with Crippen molar-refractivity contribution in [2.24, 2.45) is 0 Å². The summed E-state index contributed by atoms with van der Waals surface area (Å²) in [6.45, 7) is 3.22. The van der Waals surface area contributed by atoms with Crippen LogP contribution in [0.25, 0.3) is 0 Å². The van der Waals surface area contributed by atoms with Crippen LogP contribution in [0, 0.1) is 0 Å². The number of thiocarbonyl (C=S) groups is 2. The molecule has 0 radical (unpaired) electrons. The van der Waals surface area contributed by atoms with Crippen molar-refractivity contribution in [2.45, 2.75) is 13.5 Å². The third-order valence-electron chi connectivity index (χ3n) is 3.08. The lowest BCUT2D eigenvalue weighted by molar-refractivity contribution is 0.340. The number of benzene rings is 2. The van der Waals surface area contributed by atoms with Crippen LogP contribution in [0.4, 0.5) is 5.69 Å². The van der Waals surface area contributed by atoms with Crippen LogP contribution >= 0.6 is 40.4 Å². The first-order valence-electron chi connectivity index (χ1n) is 7.65. The van der Waals surface area contributed by atoms with Crippen LogP contribution in [0.2, 0.25) is 0 Å². The number of hydrogen-bond donors (Lipinski definition) is 4. The first kappa shape index (κ1) is 19.4. The summed E-state index contributed by atoms with van der Waals surface area (Å²) >= 11 is 13.8. The molecule has 0 aliphatic carbocycles. The van der Waals surface area contributed by atoms with Crippen molar-refractivity contribution in [1.82, 2.24) is 16.2 Å². The fourth-order valence-electron chi connectivity index (χ4n) is 1.91. The van der Waals surface area contributed by atoms with Gasteiger partial charge in [0.25, 0.3) is 0 Å². The van der Waals surface area contributed by atoms with Gasteiger partial charge >= 0.3 is 0 Å². The van der Waals surface area contributed by atoms with E-state index in [0.29, 0.717) is 23.4 Å². The molecule has 0 saturated heterocycles. The fourth-order valence-corrected chi connectivity index (χ4v) is 2.46. The summed E-state index contributed by atoms with van der Waals surface area (Å²) < 4.78 is 6.42. The lowest BCUT2D eigenvalue weighted by Gasteiger charge is -2.14. The van der Waals surface area contributed by atoms with E-state index in [4.69, 9.17) is 29.2 Å². The molecule has 0 spiro atoms. The molecule has 132 valence electrons. The van der Waals surface area contributed by atoms with Gasteiger partial charge in [-0.1, -0.05) is 28.1 Å². The summed E-state index contributed by atoms with van der Waals surface area (Å²) in [6.07, 6.45) is 0. The van der Waals surface area contributed by atoms with Gasteiger partial charge in [-0.3, -0.25) is 10.9 Å². The second-order valence-electron chi connectivity index (χ2n) is 4.97. The lowest BCUT2D eigenvalue weighted by Crippen LogP contribution is -2.47. The van der Waals surface area contributed by atoms with Crippen molar-refractivity contribution in [1.29, 1.82) is 0 Å². The number of nitrogens with one attached hydrogen (secondary N) is 4. The molecule has 0 aliphatic rings. The summed E-state index contributed by atoms with van der Waals surface area (Å²) in [7, 11) is 0. The summed E-state index contributed by atoms with van der Waals surface area (Å²) in [5, 5.41) is 7.03. The van der Waals surface area contributed by atoms with E-state index in [2.05, 4.69) is 37.4 Å². The van der Waals surface area contributed by atoms with Crippen LogP contribution in [-0.2, 0) is 6.54 Å². The monoisotopic (exact) mass is 438 g/mol. The van der Waals surface area contributed by atoms with Crippen LogP contribution in [0.3, 0.4) is 0 Å². The molecule has 4 N–H and O–H groups in total. The van der Waals surface area contributed by atoms with E-state index in [1.807, 2.05) is 55.5 Å². The van der Waals surface area contributed by atoms with Crippen LogP contribution < -0.4 is 26.2 Å². The molecule has 25 heavy (non-hydrogen) atoms. The minimum Gasteiger partial charge on any atom is -0.494 e. The Bertz CT molecular complexity index is 708. The molecule has 0 amide bonds. The Morgan fingerprint density at radius 3 is 2.24 bits per heavy atom. The van der Waals surface area contributed by atoms with Crippen molar-refractivity contribution in [3.8, 4) is 5.75 Å². The fraction of sp³-hybridized carbons (Fsp3) is 0.176. The minimum absolute atomic E-state index is 0.424. The summed E-state index contributed by atoms with van der Waals surface area (Å²) in [5.74, 6) is 0.859. The van der Waals surface area contributed by atoms with E-state index < -0.39 is 0 Å². The molecule has 0 fully saturated rings. The smallest absolute Gasteiger partial charge is 0.189 e. The third kappa shape index (κ3) is 7.25. The molecule has 0 aromatic heterocycles. The summed E-state index contributed by atoms with van der Waals surface area (Å²) in [6, 6.07) is 15.6. The molecule has 2 aromatic rings. The highest BCUT2D eigenvalue weighted by Crippen LogP contribution is 2.14. The number of anilines is 1. The average Bonchev–Trinajstić information content (AvgIpc) is 2.61. The molecule has 0 atom stereocenters. The van der Waals surface area contributed by atoms with Crippen molar-refractivity contribution < 1.29 is 4.74 Å². The second-order valence-corrected chi connectivity index (χ2v) is 6.70. The van der Waals surface area contributed by atoms with Gasteiger partial charge in [0.2, 0.25) is 0 Å². The van der Waals surface area contributed by atoms with Crippen LogP contribution in [0.1, 0.15) is 12.5 Å². The Morgan fingerprint density at radius 2 is 1.60 bits per heavy atom. The van der Waals surface area contributed by atoms with E-state index in [9.17, 15) is 0 Å². The Hall–Kier alpha value is -1.90. The van der Waals surface area contributed by atoms with Crippen LogP contribution in [0.15, 0.2) is 53.0 Å². The summed E-state index contributed by atoms with van der Waals surface area (Å²) in [5.41, 5.74) is 7.68. The Balaban J connectivity index is 1.69. The van der Waals surface area contributed by atoms with Crippen molar-refractivity contribution in [3.05, 3.63) is 58.6 Å². The first-order chi connectivity index (χ1) is 12.1. The maximum Gasteiger partial charge on any atom is 0.189 e. The van der Waals surface area contributed by atoms with Gasteiger partial charge in [-0.15, -0.1) is 0 Å². The molecular weight excluding hydrogens is 420 g/mol. The number of hydrazine groups is 1. The van der Waals surface area contributed by atoms with E-state index in [1.165, 1.54) is 0 Å². The molecule has 0 heterocycles. The molecular formula is C17H19BrN4OS2. The molecule has 5 nitrogen and oxygen atoms in total. The van der Waals surface area contributed by atoms with Crippen molar-refractivity contribution >= 4 is 56.3 Å². The zero-order valence-corrected chi connectivity index (χ0v) is 16.9. The first-order valence-corrected chi connectivity index (χ1v) is 9.26. The van der Waals surface area contributed by atoms with Gasteiger partial charge in [0.15, 0.2) is 10.2 Å².